The minimum atomic E-state index is 0.310. The van der Waals surface area contributed by atoms with Crippen LogP contribution in [0.2, 0.25) is 0 Å². The average Bonchev–Trinajstić information content (AvgIpc) is 2.37. The molecule has 1 heteroatoms. The first-order valence-corrected chi connectivity index (χ1v) is 7.71. The van der Waals surface area contributed by atoms with Crippen LogP contribution in [0.4, 0.5) is 5.69 Å². The van der Waals surface area contributed by atoms with Crippen molar-refractivity contribution < 1.29 is 0 Å². The number of nitrogens with one attached hydrogen (secondary N) is 1. The standard InChI is InChI=1S/C20H27N/c1-12-8-16(5)20(17(6)9-12)21-18(7)19-11-14(3)13(2)10-15(19)4/h8-11,18,21H,1-7H3. The summed E-state index contributed by atoms with van der Waals surface area (Å²) in [5.74, 6) is 0. The van der Waals surface area contributed by atoms with Gasteiger partial charge in [-0.3, -0.25) is 0 Å². The highest BCUT2D eigenvalue weighted by Crippen LogP contribution is 2.29. The lowest BCUT2D eigenvalue weighted by atomic mass is 9.95. The van der Waals surface area contributed by atoms with Crippen molar-refractivity contribution in [1.29, 1.82) is 0 Å². The number of hydrogen-bond acceptors (Lipinski definition) is 1. The number of benzene rings is 2. The fraction of sp³-hybridized carbons (Fsp3) is 0.400. The van der Waals surface area contributed by atoms with E-state index in [1.54, 1.807) is 0 Å². The van der Waals surface area contributed by atoms with Crippen LogP contribution >= 0.6 is 0 Å². The van der Waals surface area contributed by atoms with E-state index < -0.39 is 0 Å². The summed E-state index contributed by atoms with van der Waals surface area (Å²) in [5, 5.41) is 3.71. The second-order valence-electron chi connectivity index (χ2n) is 6.43. The Morgan fingerprint density at radius 3 is 1.76 bits per heavy atom. The molecule has 0 bridgehead atoms. The summed E-state index contributed by atoms with van der Waals surface area (Å²) in [5.41, 5.74) is 10.7. The summed E-state index contributed by atoms with van der Waals surface area (Å²) < 4.78 is 0. The summed E-state index contributed by atoms with van der Waals surface area (Å²) in [4.78, 5) is 0. The van der Waals surface area contributed by atoms with Crippen LogP contribution in [-0.2, 0) is 0 Å². The highest BCUT2D eigenvalue weighted by Gasteiger charge is 2.12. The molecule has 21 heavy (non-hydrogen) atoms. The maximum atomic E-state index is 3.71. The molecule has 0 aliphatic heterocycles. The van der Waals surface area contributed by atoms with Crippen molar-refractivity contribution in [2.24, 2.45) is 0 Å². The minimum absolute atomic E-state index is 0.310. The lowest BCUT2D eigenvalue weighted by Crippen LogP contribution is -2.11. The van der Waals surface area contributed by atoms with Crippen LogP contribution < -0.4 is 5.32 Å². The van der Waals surface area contributed by atoms with Gasteiger partial charge >= 0.3 is 0 Å². The zero-order valence-electron chi connectivity index (χ0n) is 14.4. The van der Waals surface area contributed by atoms with Gasteiger partial charge in [-0.2, -0.15) is 0 Å². The fourth-order valence-electron chi connectivity index (χ4n) is 3.15. The lowest BCUT2D eigenvalue weighted by molar-refractivity contribution is 0.866. The number of anilines is 1. The van der Waals surface area contributed by atoms with Crippen molar-refractivity contribution in [3.05, 3.63) is 63.2 Å². The molecule has 1 N–H and O–H groups in total. The van der Waals surface area contributed by atoms with Gasteiger partial charge in [0.2, 0.25) is 0 Å². The molecule has 1 nitrogen and oxygen atoms in total. The van der Waals surface area contributed by atoms with Gasteiger partial charge in [-0.1, -0.05) is 29.8 Å². The summed E-state index contributed by atoms with van der Waals surface area (Å²) in [6.45, 7) is 15.3. The molecule has 0 fully saturated rings. The van der Waals surface area contributed by atoms with Crippen molar-refractivity contribution in [3.8, 4) is 0 Å². The SMILES string of the molecule is Cc1cc(C)c(NC(C)c2cc(C)c(C)cc2C)c(C)c1. The zero-order chi connectivity index (χ0) is 15.7. The molecule has 1 unspecified atom stereocenters. The third kappa shape index (κ3) is 3.29. The number of aryl methyl sites for hydroxylation is 6. The molecule has 0 radical (unpaired) electrons. The summed E-state index contributed by atoms with van der Waals surface area (Å²) in [6, 6.07) is 9.41. The maximum absolute atomic E-state index is 3.71. The number of rotatable bonds is 3. The molecule has 0 spiro atoms. The Morgan fingerprint density at radius 1 is 0.667 bits per heavy atom. The van der Waals surface area contributed by atoms with Crippen LogP contribution in [0, 0.1) is 41.5 Å². The maximum Gasteiger partial charge on any atom is 0.0488 e. The molecule has 0 aliphatic rings. The summed E-state index contributed by atoms with van der Waals surface area (Å²) >= 11 is 0. The van der Waals surface area contributed by atoms with E-state index in [4.69, 9.17) is 0 Å². The van der Waals surface area contributed by atoms with Gasteiger partial charge in [0, 0.05) is 11.7 Å². The quantitative estimate of drug-likeness (QED) is 0.759. The van der Waals surface area contributed by atoms with Gasteiger partial charge in [-0.05, 0) is 81.8 Å². The van der Waals surface area contributed by atoms with E-state index in [-0.39, 0.29) is 0 Å². The zero-order valence-corrected chi connectivity index (χ0v) is 14.4. The van der Waals surface area contributed by atoms with Gasteiger partial charge in [0.15, 0.2) is 0 Å². The van der Waals surface area contributed by atoms with E-state index in [1.807, 2.05) is 0 Å². The Kier molecular flexibility index (Phi) is 4.41. The fourth-order valence-corrected chi connectivity index (χ4v) is 3.15. The van der Waals surface area contributed by atoms with Crippen LogP contribution in [-0.4, -0.2) is 0 Å². The summed E-state index contributed by atoms with van der Waals surface area (Å²) in [6.07, 6.45) is 0. The molecule has 0 aromatic heterocycles. The molecule has 0 heterocycles. The Labute approximate surface area is 129 Å². The monoisotopic (exact) mass is 281 g/mol. The van der Waals surface area contributed by atoms with Crippen LogP contribution in [0.3, 0.4) is 0 Å². The van der Waals surface area contributed by atoms with Crippen molar-refractivity contribution in [2.45, 2.75) is 54.5 Å². The predicted octanol–water partition coefficient (Wildman–Crippen LogP) is 5.71. The van der Waals surface area contributed by atoms with Gasteiger partial charge in [0.05, 0.1) is 0 Å². The van der Waals surface area contributed by atoms with E-state index in [0.29, 0.717) is 6.04 Å². The highest BCUT2D eigenvalue weighted by atomic mass is 14.9. The van der Waals surface area contributed by atoms with Crippen molar-refractivity contribution in [1.82, 2.24) is 0 Å². The Hall–Kier alpha value is -1.76. The van der Waals surface area contributed by atoms with Gasteiger partial charge in [0.25, 0.3) is 0 Å². The van der Waals surface area contributed by atoms with E-state index in [0.717, 1.165) is 0 Å². The Balaban J connectivity index is 2.35. The second kappa shape index (κ2) is 5.93. The van der Waals surface area contributed by atoms with Crippen molar-refractivity contribution in [3.63, 3.8) is 0 Å². The smallest absolute Gasteiger partial charge is 0.0488 e. The van der Waals surface area contributed by atoms with E-state index >= 15 is 0 Å². The Bertz CT molecular complexity index is 645. The largest absolute Gasteiger partial charge is 0.378 e. The second-order valence-corrected chi connectivity index (χ2v) is 6.43. The van der Waals surface area contributed by atoms with Crippen LogP contribution in [0.5, 0.6) is 0 Å². The van der Waals surface area contributed by atoms with Crippen molar-refractivity contribution in [2.75, 3.05) is 5.32 Å². The molecule has 2 aromatic rings. The third-order valence-electron chi connectivity index (χ3n) is 4.39. The highest BCUT2D eigenvalue weighted by molar-refractivity contribution is 5.59. The van der Waals surface area contributed by atoms with E-state index in [9.17, 15) is 0 Å². The molecular weight excluding hydrogens is 254 g/mol. The third-order valence-corrected chi connectivity index (χ3v) is 4.39. The normalized spacial score (nSPS) is 12.3. The first-order chi connectivity index (χ1) is 9.79. The first-order valence-electron chi connectivity index (χ1n) is 7.71. The lowest BCUT2D eigenvalue weighted by Gasteiger charge is -2.22. The first kappa shape index (κ1) is 15.6. The molecule has 0 saturated heterocycles. The molecular formula is C20H27N. The molecule has 0 aliphatic carbocycles. The summed E-state index contributed by atoms with van der Waals surface area (Å²) in [7, 11) is 0. The van der Waals surface area contributed by atoms with E-state index in [2.05, 4.69) is 78.0 Å². The molecule has 0 amide bonds. The predicted molar refractivity (Wildman–Crippen MR) is 93.3 cm³/mol. The molecule has 0 saturated carbocycles. The van der Waals surface area contributed by atoms with Gasteiger partial charge in [-0.25, -0.2) is 0 Å². The van der Waals surface area contributed by atoms with Gasteiger partial charge in [-0.15, -0.1) is 0 Å². The topological polar surface area (TPSA) is 12.0 Å². The van der Waals surface area contributed by atoms with Crippen LogP contribution in [0.25, 0.3) is 0 Å². The van der Waals surface area contributed by atoms with Crippen LogP contribution in [0.15, 0.2) is 24.3 Å². The Morgan fingerprint density at radius 2 is 1.19 bits per heavy atom. The average molecular weight is 281 g/mol. The van der Waals surface area contributed by atoms with Gasteiger partial charge in [0.1, 0.15) is 0 Å². The molecule has 2 aromatic carbocycles. The van der Waals surface area contributed by atoms with Crippen molar-refractivity contribution >= 4 is 5.69 Å². The van der Waals surface area contributed by atoms with Crippen LogP contribution in [0.1, 0.15) is 51.9 Å². The molecule has 1 atom stereocenters. The molecule has 112 valence electrons. The van der Waals surface area contributed by atoms with Gasteiger partial charge < -0.3 is 5.32 Å². The molecule has 2 rings (SSSR count). The minimum Gasteiger partial charge on any atom is -0.378 e. The van der Waals surface area contributed by atoms with E-state index in [1.165, 1.54) is 44.6 Å². The number of hydrogen-bond donors (Lipinski definition) is 1.